The van der Waals surface area contributed by atoms with E-state index in [4.69, 9.17) is 0 Å². The molecule has 2 aliphatic rings. The summed E-state index contributed by atoms with van der Waals surface area (Å²) in [6, 6.07) is 3.62. The van der Waals surface area contributed by atoms with Gasteiger partial charge in [-0.1, -0.05) is 52.7 Å². The van der Waals surface area contributed by atoms with Crippen LogP contribution in [0, 0.1) is 35.3 Å². The third-order valence-corrected chi connectivity index (χ3v) is 7.10. The van der Waals surface area contributed by atoms with Crippen LogP contribution < -0.4 is 0 Å². The Morgan fingerprint density at radius 2 is 1.35 bits per heavy atom. The van der Waals surface area contributed by atoms with Crippen LogP contribution in [0.15, 0.2) is 12.1 Å². The Hall–Kier alpha value is -0.920. The van der Waals surface area contributed by atoms with Gasteiger partial charge in [-0.15, -0.1) is 0 Å². The van der Waals surface area contributed by atoms with Gasteiger partial charge in [-0.2, -0.15) is 0 Å². The van der Waals surface area contributed by atoms with Crippen LogP contribution >= 0.6 is 0 Å². The molecule has 0 aliphatic heterocycles. The molecule has 146 valence electrons. The monoisotopic (exact) mass is 362 g/mol. The molecule has 0 heterocycles. The molecule has 2 saturated carbocycles. The molecule has 3 rings (SSSR count). The Kier molecular flexibility index (Phi) is 6.09. The molecule has 0 nitrogen and oxygen atoms in total. The van der Waals surface area contributed by atoms with Crippen LogP contribution in [0.4, 0.5) is 8.78 Å². The predicted molar refractivity (Wildman–Crippen MR) is 105 cm³/mol. The minimum Gasteiger partial charge on any atom is -0.203 e. The van der Waals surface area contributed by atoms with Gasteiger partial charge in [0, 0.05) is 0 Å². The second-order valence-corrected chi connectivity index (χ2v) is 10.2. The van der Waals surface area contributed by atoms with Gasteiger partial charge in [0.2, 0.25) is 0 Å². The van der Waals surface area contributed by atoms with Crippen molar-refractivity contribution in [3.05, 3.63) is 34.9 Å². The Morgan fingerprint density at radius 1 is 0.808 bits per heavy atom. The molecule has 0 aromatic heterocycles. The van der Waals surface area contributed by atoms with Gasteiger partial charge >= 0.3 is 0 Å². The average Bonchev–Trinajstić information content (AvgIpc) is 2.59. The second-order valence-electron chi connectivity index (χ2n) is 10.2. The van der Waals surface area contributed by atoms with Gasteiger partial charge in [-0.3, -0.25) is 0 Å². The fourth-order valence-electron chi connectivity index (χ4n) is 5.26. The van der Waals surface area contributed by atoms with E-state index in [1.165, 1.54) is 51.4 Å². The van der Waals surface area contributed by atoms with E-state index < -0.39 is 11.6 Å². The van der Waals surface area contributed by atoms with Crippen molar-refractivity contribution in [2.45, 2.75) is 90.9 Å². The van der Waals surface area contributed by atoms with E-state index in [2.05, 4.69) is 6.92 Å². The van der Waals surface area contributed by atoms with Gasteiger partial charge in [-0.25, -0.2) is 8.78 Å². The van der Waals surface area contributed by atoms with Crippen molar-refractivity contribution in [3.8, 4) is 0 Å². The largest absolute Gasteiger partial charge is 0.203 e. The Labute approximate surface area is 158 Å². The van der Waals surface area contributed by atoms with Crippen molar-refractivity contribution >= 4 is 0 Å². The summed E-state index contributed by atoms with van der Waals surface area (Å²) in [5, 5.41) is 0. The summed E-state index contributed by atoms with van der Waals surface area (Å²) in [5.74, 6) is 1.98. The molecule has 2 aliphatic carbocycles. The first-order valence-corrected chi connectivity index (χ1v) is 10.7. The first-order chi connectivity index (χ1) is 12.3. The smallest absolute Gasteiger partial charge is 0.162 e. The van der Waals surface area contributed by atoms with Gasteiger partial charge in [0.1, 0.15) is 0 Å². The number of hydrogen-bond donors (Lipinski definition) is 0. The summed E-state index contributed by atoms with van der Waals surface area (Å²) in [6.45, 7) is 8.17. The van der Waals surface area contributed by atoms with Gasteiger partial charge in [0.05, 0.1) is 0 Å². The Bertz CT molecular complexity index is 597. The molecular formula is C24H36F2. The van der Waals surface area contributed by atoms with Crippen LogP contribution in [-0.4, -0.2) is 0 Å². The number of hydrogen-bond acceptors (Lipinski definition) is 0. The highest BCUT2D eigenvalue weighted by molar-refractivity contribution is 5.31. The summed E-state index contributed by atoms with van der Waals surface area (Å²) >= 11 is 0. The molecule has 26 heavy (non-hydrogen) atoms. The number of rotatable bonds is 3. The van der Waals surface area contributed by atoms with E-state index in [-0.39, 0.29) is 5.41 Å². The van der Waals surface area contributed by atoms with Crippen molar-refractivity contribution in [2.75, 3.05) is 0 Å². The average molecular weight is 363 g/mol. The predicted octanol–water partition coefficient (Wildman–Crippen LogP) is 7.44. The third-order valence-electron chi connectivity index (χ3n) is 7.10. The van der Waals surface area contributed by atoms with Crippen molar-refractivity contribution in [2.24, 2.45) is 23.7 Å². The molecule has 2 fully saturated rings. The standard InChI is InChI=1S/C24H36F2/c1-16-5-9-18(10-6-16)19-11-7-17(8-12-19)15-20-13-14-21(24(2,3)4)23(26)22(20)25/h13-14,16-19H,5-12,15H2,1-4H3. The highest BCUT2D eigenvalue weighted by Gasteiger charge is 2.31. The van der Waals surface area contributed by atoms with E-state index in [1.54, 1.807) is 6.07 Å². The summed E-state index contributed by atoms with van der Waals surface area (Å²) in [6.07, 6.45) is 11.2. The lowest BCUT2D eigenvalue weighted by Crippen LogP contribution is -2.26. The summed E-state index contributed by atoms with van der Waals surface area (Å²) < 4.78 is 29.1. The zero-order valence-corrected chi connectivity index (χ0v) is 17.1. The van der Waals surface area contributed by atoms with Crippen LogP contribution in [0.2, 0.25) is 0 Å². The van der Waals surface area contributed by atoms with Gasteiger partial charge in [0.25, 0.3) is 0 Å². The van der Waals surface area contributed by atoms with Crippen LogP contribution in [-0.2, 0) is 11.8 Å². The SMILES string of the molecule is CC1CCC(C2CCC(Cc3ccc(C(C)(C)C)c(F)c3F)CC2)CC1. The first-order valence-electron chi connectivity index (χ1n) is 10.7. The molecule has 0 amide bonds. The van der Waals surface area contributed by atoms with E-state index in [1.807, 2.05) is 26.8 Å². The lowest BCUT2D eigenvalue weighted by atomic mass is 9.69. The molecule has 2 heteroatoms. The number of halogens is 2. The van der Waals surface area contributed by atoms with Crippen LogP contribution in [0.3, 0.4) is 0 Å². The summed E-state index contributed by atoms with van der Waals surface area (Å²) in [4.78, 5) is 0. The minimum atomic E-state index is -0.639. The van der Waals surface area contributed by atoms with Crippen molar-refractivity contribution in [1.82, 2.24) is 0 Å². The number of benzene rings is 1. The van der Waals surface area contributed by atoms with Gasteiger partial charge in [-0.05, 0) is 85.2 Å². The van der Waals surface area contributed by atoms with E-state index in [9.17, 15) is 8.78 Å². The molecule has 1 aromatic rings. The molecular weight excluding hydrogens is 326 g/mol. The van der Waals surface area contributed by atoms with Gasteiger partial charge in [0.15, 0.2) is 11.6 Å². The molecule has 0 saturated heterocycles. The van der Waals surface area contributed by atoms with Crippen molar-refractivity contribution in [3.63, 3.8) is 0 Å². The van der Waals surface area contributed by atoms with Crippen LogP contribution in [0.25, 0.3) is 0 Å². The lowest BCUT2D eigenvalue weighted by molar-refractivity contribution is 0.150. The molecule has 0 N–H and O–H groups in total. The summed E-state index contributed by atoms with van der Waals surface area (Å²) in [7, 11) is 0. The maximum absolute atomic E-state index is 14.6. The molecule has 0 unspecified atom stereocenters. The fourth-order valence-corrected chi connectivity index (χ4v) is 5.26. The second kappa shape index (κ2) is 7.98. The third kappa shape index (κ3) is 4.49. The highest BCUT2D eigenvalue weighted by Crippen LogP contribution is 2.42. The minimum absolute atomic E-state index is 0.362. The van der Waals surface area contributed by atoms with E-state index in [0.29, 0.717) is 23.5 Å². The molecule has 1 aromatic carbocycles. The molecule has 0 spiro atoms. The zero-order valence-electron chi connectivity index (χ0n) is 17.1. The van der Waals surface area contributed by atoms with E-state index in [0.717, 1.165) is 17.8 Å². The molecule has 0 radical (unpaired) electrons. The first kappa shape index (κ1) is 19.8. The maximum Gasteiger partial charge on any atom is 0.162 e. The molecule has 0 atom stereocenters. The Balaban J connectivity index is 1.57. The maximum atomic E-state index is 14.6. The zero-order chi connectivity index (χ0) is 18.9. The van der Waals surface area contributed by atoms with Crippen LogP contribution in [0.5, 0.6) is 0 Å². The van der Waals surface area contributed by atoms with Crippen LogP contribution in [0.1, 0.15) is 90.2 Å². The normalized spacial score (nSPS) is 30.4. The highest BCUT2D eigenvalue weighted by atomic mass is 19.2. The summed E-state index contributed by atoms with van der Waals surface area (Å²) in [5.41, 5.74) is 0.693. The van der Waals surface area contributed by atoms with Gasteiger partial charge < -0.3 is 0 Å². The lowest BCUT2D eigenvalue weighted by Gasteiger charge is -2.37. The van der Waals surface area contributed by atoms with Crippen molar-refractivity contribution < 1.29 is 8.78 Å². The quantitative estimate of drug-likeness (QED) is 0.524. The van der Waals surface area contributed by atoms with Crippen molar-refractivity contribution in [1.29, 1.82) is 0 Å². The fraction of sp³-hybridized carbons (Fsp3) is 0.750. The van der Waals surface area contributed by atoms with E-state index >= 15 is 0 Å². The molecule has 0 bridgehead atoms. The Morgan fingerprint density at radius 3 is 1.88 bits per heavy atom. The topological polar surface area (TPSA) is 0 Å².